The Kier molecular flexibility index (Phi) is 2.79. The molecule has 0 fully saturated rings. The minimum Gasteiger partial charge on any atom is -0.330 e. The highest BCUT2D eigenvalue weighted by Gasteiger charge is 2.33. The van der Waals surface area contributed by atoms with E-state index in [1.807, 2.05) is 6.92 Å². The summed E-state index contributed by atoms with van der Waals surface area (Å²) in [6, 6.07) is 0. The van der Waals surface area contributed by atoms with Crippen LogP contribution in [0.3, 0.4) is 0 Å². The molecule has 0 spiro atoms. The number of amides is 1. The second-order valence-electron chi connectivity index (χ2n) is 4.36. The topological polar surface area (TPSA) is 29.1 Å². The van der Waals surface area contributed by atoms with Crippen LogP contribution in [0.25, 0.3) is 0 Å². The van der Waals surface area contributed by atoms with Crippen molar-refractivity contribution in [3.8, 4) is 0 Å². The Morgan fingerprint density at radius 2 is 1.85 bits per heavy atom. The molecule has 0 aromatic carbocycles. The highest BCUT2D eigenvalue weighted by Crippen LogP contribution is 2.31. The summed E-state index contributed by atoms with van der Waals surface area (Å²) in [6.07, 6.45) is 0. The van der Waals surface area contributed by atoms with Crippen LogP contribution in [0, 0.1) is 17.8 Å². The van der Waals surface area contributed by atoms with E-state index in [0.717, 1.165) is 5.70 Å². The molecule has 2 unspecified atom stereocenters. The lowest BCUT2D eigenvalue weighted by molar-refractivity contribution is -0.127. The van der Waals surface area contributed by atoms with Crippen LogP contribution >= 0.6 is 0 Å². The van der Waals surface area contributed by atoms with Crippen molar-refractivity contribution in [3.63, 3.8) is 0 Å². The highest BCUT2D eigenvalue weighted by atomic mass is 16.2. The maximum atomic E-state index is 11.7. The number of carbonyl (C=O) groups excluding carboxylic acids is 1. The largest absolute Gasteiger partial charge is 0.330 e. The summed E-state index contributed by atoms with van der Waals surface area (Å²) in [6.45, 7) is 10.4. The van der Waals surface area contributed by atoms with E-state index in [-0.39, 0.29) is 11.8 Å². The Labute approximate surface area is 80.4 Å². The summed E-state index contributed by atoms with van der Waals surface area (Å²) in [7, 11) is 0. The normalized spacial score (nSPS) is 29.5. The van der Waals surface area contributed by atoms with E-state index in [2.05, 4.69) is 33.0 Å². The van der Waals surface area contributed by atoms with Crippen molar-refractivity contribution >= 4 is 5.91 Å². The first-order chi connectivity index (χ1) is 5.95. The van der Waals surface area contributed by atoms with Crippen molar-refractivity contribution in [2.24, 2.45) is 17.8 Å². The van der Waals surface area contributed by atoms with Crippen LogP contribution in [-0.2, 0) is 4.79 Å². The van der Waals surface area contributed by atoms with Crippen LogP contribution in [0.1, 0.15) is 34.6 Å². The zero-order valence-corrected chi connectivity index (χ0v) is 9.14. The van der Waals surface area contributed by atoms with Gasteiger partial charge < -0.3 is 5.32 Å². The molecule has 1 aliphatic rings. The third-order valence-corrected chi connectivity index (χ3v) is 3.14. The van der Waals surface area contributed by atoms with Gasteiger partial charge in [-0.05, 0) is 25.7 Å². The molecule has 2 heteroatoms. The molecular formula is C11H19NO. The smallest absolute Gasteiger partial charge is 0.228 e. The van der Waals surface area contributed by atoms with Crippen molar-refractivity contribution in [2.45, 2.75) is 34.6 Å². The van der Waals surface area contributed by atoms with Gasteiger partial charge in [0.2, 0.25) is 5.91 Å². The average molecular weight is 181 g/mol. The van der Waals surface area contributed by atoms with Crippen LogP contribution in [0.5, 0.6) is 0 Å². The van der Waals surface area contributed by atoms with Gasteiger partial charge in [-0.25, -0.2) is 0 Å². The number of carbonyl (C=O) groups is 1. The fraction of sp³-hybridized carbons (Fsp3) is 0.727. The van der Waals surface area contributed by atoms with Gasteiger partial charge in [-0.2, -0.15) is 0 Å². The van der Waals surface area contributed by atoms with Crippen molar-refractivity contribution in [2.75, 3.05) is 0 Å². The van der Waals surface area contributed by atoms with Crippen LogP contribution in [0.4, 0.5) is 0 Å². The summed E-state index contributed by atoms with van der Waals surface area (Å²) in [5, 5.41) is 2.93. The molecule has 2 nitrogen and oxygen atoms in total. The lowest BCUT2D eigenvalue weighted by Crippen LogP contribution is -2.41. The van der Waals surface area contributed by atoms with Gasteiger partial charge in [-0.1, -0.05) is 26.3 Å². The van der Waals surface area contributed by atoms with Gasteiger partial charge in [0.05, 0.1) is 0 Å². The van der Waals surface area contributed by atoms with Crippen LogP contribution in [0.2, 0.25) is 0 Å². The summed E-state index contributed by atoms with van der Waals surface area (Å²) in [5.74, 6) is 1.13. The third kappa shape index (κ3) is 1.77. The van der Waals surface area contributed by atoms with Crippen LogP contribution in [-0.4, -0.2) is 5.91 Å². The summed E-state index contributed by atoms with van der Waals surface area (Å²) < 4.78 is 0. The van der Waals surface area contributed by atoms with Gasteiger partial charge in [0, 0.05) is 11.6 Å². The predicted octanol–water partition coefficient (Wildman–Crippen LogP) is 2.32. The van der Waals surface area contributed by atoms with Gasteiger partial charge >= 0.3 is 0 Å². The van der Waals surface area contributed by atoms with Gasteiger partial charge in [0.1, 0.15) is 0 Å². The molecule has 0 radical (unpaired) electrons. The van der Waals surface area contributed by atoms with E-state index in [1.54, 1.807) is 0 Å². The molecule has 0 aliphatic carbocycles. The number of hydrogen-bond donors (Lipinski definition) is 1. The van der Waals surface area contributed by atoms with Crippen molar-refractivity contribution < 1.29 is 4.79 Å². The molecular weight excluding hydrogens is 162 g/mol. The molecule has 0 saturated heterocycles. The molecule has 1 heterocycles. The molecule has 1 N–H and O–H groups in total. The first-order valence-electron chi connectivity index (χ1n) is 4.93. The molecule has 13 heavy (non-hydrogen) atoms. The number of rotatable bonds is 1. The molecule has 2 atom stereocenters. The van der Waals surface area contributed by atoms with Crippen molar-refractivity contribution in [1.82, 2.24) is 5.32 Å². The quantitative estimate of drug-likeness (QED) is 0.661. The highest BCUT2D eigenvalue weighted by molar-refractivity contribution is 5.82. The van der Waals surface area contributed by atoms with E-state index in [4.69, 9.17) is 0 Å². The Balaban J connectivity index is 2.97. The SMILES string of the molecule is CC1=C(C)C(C)C(C(C)C)C(=O)N1. The van der Waals surface area contributed by atoms with Gasteiger partial charge in [-0.3, -0.25) is 4.79 Å². The molecule has 0 aromatic heterocycles. The van der Waals surface area contributed by atoms with Gasteiger partial charge in [-0.15, -0.1) is 0 Å². The Bertz CT molecular complexity index is 253. The lowest BCUT2D eigenvalue weighted by Gasteiger charge is -2.33. The summed E-state index contributed by atoms with van der Waals surface area (Å²) >= 11 is 0. The first kappa shape index (κ1) is 10.3. The molecule has 1 aliphatic heterocycles. The average Bonchev–Trinajstić information content (AvgIpc) is 1.99. The summed E-state index contributed by atoms with van der Waals surface area (Å²) in [4.78, 5) is 11.7. The van der Waals surface area contributed by atoms with E-state index in [0.29, 0.717) is 11.8 Å². The molecule has 1 amide bonds. The zero-order valence-electron chi connectivity index (χ0n) is 9.14. The minimum absolute atomic E-state index is 0.142. The van der Waals surface area contributed by atoms with Crippen LogP contribution < -0.4 is 5.32 Å². The maximum absolute atomic E-state index is 11.7. The number of allylic oxidation sites excluding steroid dienone is 2. The number of hydrogen-bond acceptors (Lipinski definition) is 1. The second kappa shape index (κ2) is 3.52. The molecule has 0 bridgehead atoms. The maximum Gasteiger partial charge on any atom is 0.228 e. The molecule has 1 rings (SSSR count). The minimum atomic E-state index is 0.142. The Morgan fingerprint density at radius 1 is 1.31 bits per heavy atom. The van der Waals surface area contributed by atoms with Crippen LogP contribution in [0.15, 0.2) is 11.3 Å². The van der Waals surface area contributed by atoms with Crippen molar-refractivity contribution in [3.05, 3.63) is 11.3 Å². The monoisotopic (exact) mass is 181 g/mol. The van der Waals surface area contributed by atoms with E-state index >= 15 is 0 Å². The predicted molar refractivity (Wildman–Crippen MR) is 54.0 cm³/mol. The van der Waals surface area contributed by atoms with Gasteiger partial charge in [0.15, 0.2) is 0 Å². The second-order valence-corrected chi connectivity index (χ2v) is 4.36. The fourth-order valence-electron chi connectivity index (χ4n) is 2.08. The molecule has 74 valence electrons. The Morgan fingerprint density at radius 3 is 2.31 bits per heavy atom. The summed E-state index contributed by atoms with van der Waals surface area (Å²) in [5.41, 5.74) is 2.35. The molecule has 0 saturated carbocycles. The third-order valence-electron chi connectivity index (χ3n) is 3.14. The molecule has 0 aromatic rings. The standard InChI is InChI=1S/C11H19NO/c1-6(2)10-8(4)7(3)9(5)12-11(10)13/h6,8,10H,1-5H3,(H,12,13). The Hall–Kier alpha value is -0.790. The van der Waals surface area contributed by atoms with E-state index < -0.39 is 0 Å². The first-order valence-corrected chi connectivity index (χ1v) is 4.93. The fourth-order valence-corrected chi connectivity index (χ4v) is 2.08. The van der Waals surface area contributed by atoms with E-state index in [9.17, 15) is 4.79 Å². The lowest BCUT2D eigenvalue weighted by atomic mass is 9.77. The zero-order chi connectivity index (χ0) is 10.2. The number of nitrogens with one attached hydrogen (secondary N) is 1. The van der Waals surface area contributed by atoms with Gasteiger partial charge in [0.25, 0.3) is 0 Å². The van der Waals surface area contributed by atoms with Crippen molar-refractivity contribution in [1.29, 1.82) is 0 Å². The van der Waals surface area contributed by atoms with E-state index in [1.165, 1.54) is 5.57 Å².